The minimum atomic E-state index is -0.788. The number of aryl methyl sites for hydroxylation is 1. The third-order valence-electron chi connectivity index (χ3n) is 6.04. The van der Waals surface area contributed by atoms with Crippen LogP contribution in [-0.2, 0) is 6.42 Å². The van der Waals surface area contributed by atoms with Gasteiger partial charge < -0.3 is 0 Å². The molecule has 4 rings (SSSR count). The first kappa shape index (κ1) is 19.6. The van der Waals surface area contributed by atoms with Crippen molar-refractivity contribution in [3.63, 3.8) is 0 Å². The molecule has 1 fully saturated rings. The fraction of sp³-hybridized carbons (Fsp3) is 0.333. The molecule has 0 unspecified atom stereocenters. The quantitative estimate of drug-likeness (QED) is 0.410. The molecule has 0 N–H and O–H groups in total. The van der Waals surface area contributed by atoms with E-state index in [9.17, 15) is 8.78 Å². The lowest BCUT2D eigenvalue weighted by Gasteiger charge is -2.26. The number of rotatable bonds is 3. The molecule has 0 saturated heterocycles. The molecule has 1 aliphatic carbocycles. The van der Waals surface area contributed by atoms with Gasteiger partial charge in [-0.3, -0.25) is 0 Å². The van der Waals surface area contributed by atoms with Gasteiger partial charge in [-0.1, -0.05) is 61.6 Å². The van der Waals surface area contributed by atoms with Crippen molar-refractivity contribution in [2.45, 2.75) is 51.4 Å². The Kier molecular flexibility index (Phi) is 5.95. The smallest absolute Gasteiger partial charge is 0.166 e. The zero-order valence-corrected chi connectivity index (χ0v) is 16.8. The van der Waals surface area contributed by atoms with Gasteiger partial charge in [0, 0.05) is 16.9 Å². The second-order valence-electron chi connectivity index (χ2n) is 8.11. The molecule has 0 spiro atoms. The van der Waals surface area contributed by atoms with Gasteiger partial charge in [0.15, 0.2) is 11.6 Å². The van der Waals surface area contributed by atoms with E-state index in [1.54, 1.807) is 12.1 Å². The molecule has 0 aromatic heterocycles. The van der Waals surface area contributed by atoms with Crippen LogP contribution < -0.4 is 0 Å². The zero-order chi connectivity index (χ0) is 20.2. The van der Waals surface area contributed by atoms with E-state index in [0.29, 0.717) is 17.2 Å². The summed E-state index contributed by atoms with van der Waals surface area (Å²) in [4.78, 5) is 0. The average molecular weight is 389 g/mol. The number of fused-ring (bicyclic) bond motifs is 1. The highest BCUT2D eigenvalue weighted by Crippen LogP contribution is 2.37. The van der Waals surface area contributed by atoms with Gasteiger partial charge >= 0.3 is 0 Å². The zero-order valence-electron chi connectivity index (χ0n) is 16.8. The summed E-state index contributed by atoms with van der Waals surface area (Å²) in [6.07, 6.45) is 6.63. The molecule has 0 aliphatic heterocycles. The summed E-state index contributed by atoms with van der Waals surface area (Å²) >= 11 is 0. The maximum atomic E-state index is 13.9. The van der Waals surface area contributed by atoms with E-state index in [0.717, 1.165) is 49.5 Å². The highest BCUT2D eigenvalue weighted by atomic mass is 19.2. The largest absolute Gasteiger partial charge is 0.204 e. The molecule has 0 heterocycles. The monoisotopic (exact) mass is 388 g/mol. The Morgan fingerprint density at radius 2 is 1.66 bits per heavy atom. The summed E-state index contributed by atoms with van der Waals surface area (Å²) < 4.78 is 27.3. The van der Waals surface area contributed by atoms with Crippen molar-refractivity contribution in [1.82, 2.24) is 0 Å². The highest BCUT2D eigenvalue weighted by Gasteiger charge is 2.21. The lowest BCUT2D eigenvalue weighted by Crippen LogP contribution is -2.12. The van der Waals surface area contributed by atoms with Gasteiger partial charge in [-0.05, 0) is 72.7 Å². The SMILES string of the molecule is CCCc1ccc(C#CC2CCC(c3ccc4c(F)c(F)ccc4c3)CC2)cc1. The van der Waals surface area contributed by atoms with Crippen molar-refractivity contribution in [2.24, 2.45) is 5.92 Å². The van der Waals surface area contributed by atoms with Gasteiger partial charge in [0.1, 0.15) is 0 Å². The average Bonchev–Trinajstić information content (AvgIpc) is 2.76. The Bertz CT molecular complexity index is 1050. The van der Waals surface area contributed by atoms with Crippen LogP contribution in [0.2, 0.25) is 0 Å². The summed E-state index contributed by atoms with van der Waals surface area (Å²) in [6.45, 7) is 2.19. The van der Waals surface area contributed by atoms with Crippen LogP contribution in [0.15, 0.2) is 54.6 Å². The standard InChI is InChI=1S/C27H26F2/c1-2-3-19-4-6-20(7-5-19)8-9-21-10-12-22(13-11-21)23-14-16-25-24(18-23)15-17-26(28)27(25)29/h4-7,14-18,21-22H,2-3,10-13H2,1H3. The number of hydrogen-bond acceptors (Lipinski definition) is 0. The summed E-state index contributed by atoms with van der Waals surface area (Å²) in [5.74, 6) is 6.18. The molecular weight excluding hydrogens is 362 g/mol. The van der Waals surface area contributed by atoms with Crippen molar-refractivity contribution < 1.29 is 8.78 Å². The van der Waals surface area contributed by atoms with Gasteiger partial charge in [0.05, 0.1) is 0 Å². The van der Waals surface area contributed by atoms with E-state index in [2.05, 4.69) is 43.0 Å². The lowest BCUT2D eigenvalue weighted by atomic mass is 9.78. The van der Waals surface area contributed by atoms with Crippen molar-refractivity contribution in [1.29, 1.82) is 0 Å². The number of benzene rings is 3. The number of halogens is 2. The van der Waals surface area contributed by atoms with E-state index >= 15 is 0 Å². The van der Waals surface area contributed by atoms with Crippen LogP contribution in [-0.4, -0.2) is 0 Å². The molecule has 3 aromatic rings. The van der Waals surface area contributed by atoms with E-state index in [1.807, 2.05) is 12.1 Å². The normalized spacial score (nSPS) is 19.0. The molecule has 1 saturated carbocycles. The maximum Gasteiger partial charge on any atom is 0.166 e. The van der Waals surface area contributed by atoms with E-state index < -0.39 is 11.6 Å². The molecule has 0 nitrogen and oxygen atoms in total. The van der Waals surface area contributed by atoms with Gasteiger partial charge in [-0.2, -0.15) is 0 Å². The van der Waals surface area contributed by atoms with Crippen molar-refractivity contribution >= 4 is 10.8 Å². The fourth-order valence-electron chi connectivity index (χ4n) is 4.34. The Morgan fingerprint density at radius 3 is 2.38 bits per heavy atom. The van der Waals surface area contributed by atoms with Crippen LogP contribution in [0.5, 0.6) is 0 Å². The van der Waals surface area contributed by atoms with E-state index in [-0.39, 0.29) is 0 Å². The third kappa shape index (κ3) is 4.51. The molecule has 3 aromatic carbocycles. The Labute approximate surface area is 172 Å². The minimum absolute atomic E-state index is 0.359. The summed E-state index contributed by atoms with van der Waals surface area (Å²) in [5, 5.41) is 1.13. The topological polar surface area (TPSA) is 0 Å². The first-order valence-corrected chi connectivity index (χ1v) is 10.6. The maximum absolute atomic E-state index is 13.9. The lowest BCUT2D eigenvalue weighted by molar-refractivity contribution is 0.385. The molecule has 1 aliphatic rings. The number of hydrogen-bond donors (Lipinski definition) is 0. The summed E-state index contributed by atoms with van der Waals surface area (Å²) in [5.41, 5.74) is 3.69. The van der Waals surface area contributed by atoms with Crippen LogP contribution >= 0.6 is 0 Å². The fourth-order valence-corrected chi connectivity index (χ4v) is 4.34. The second kappa shape index (κ2) is 8.78. The van der Waals surface area contributed by atoms with Gasteiger partial charge in [-0.25, -0.2) is 8.78 Å². The molecule has 29 heavy (non-hydrogen) atoms. The molecule has 148 valence electrons. The predicted molar refractivity (Wildman–Crippen MR) is 116 cm³/mol. The van der Waals surface area contributed by atoms with Crippen molar-refractivity contribution in [2.75, 3.05) is 0 Å². The predicted octanol–water partition coefficient (Wildman–Crippen LogP) is 7.40. The Balaban J connectivity index is 1.39. The van der Waals surface area contributed by atoms with Gasteiger partial charge in [-0.15, -0.1) is 0 Å². The molecule has 2 heteroatoms. The van der Waals surface area contributed by atoms with Crippen LogP contribution in [0.3, 0.4) is 0 Å². The van der Waals surface area contributed by atoms with Crippen LogP contribution in [0.1, 0.15) is 61.6 Å². The molecule has 0 radical (unpaired) electrons. The first-order valence-electron chi connectivity index (χ1n) is 10.6. The van der Waals surface area contributed by atoms with E-state index in [4.69, 9.17) is 0 Å². The third-order valence-corrected chi connectivity index (χ3v) is 6.04. The van der Waals surface area contributed by atoms with Gasteiger partial charge in [0.2, 0.25) is 0 Å². The van der Waals surface area contributed by atoms with Crippen molar-refractivity contribution in [3.8, 4) is 11.8 Å². The van der Waals surface area contributed by atoms with Crippen LogP contribution in [0.4, 0.5) is 8.78 Å². The molecular formula is C27H26F2. The summed E-state index contributed by atoms with van der Waals surface area (Å²) in [6, 6.07) is 17.2. The Morgan fingerprint density at radius 1 is 0.897 bits per heavy atom. The van der Waals surface area contributed by atoms with Crippen LogP contribution in [0.25, 0.3) is 10.8 Å². The second-order valence-corrected chi connectivity index (χ2v) is 8.11. The summed E-state index contributed by atoms with van der Waals surface area (Å²) in [7, 11) is 0. The molecule has 0 bridgehead atoms. The first-order chi connectivity index (χ1) is 14.1. The van der Waals surface area contributed by atoms with E-state index in [1.165, 1.54) is 17.2 Å². The molecule has 0 amide bonds. The van der Waals surface area contributed by atoms with Gasteiger partial charge in [0.25, 0.3) is 0 Å². The Hall–Kier alpha value is -2.66. The minimum Gasteiger partial charge on any atom is -0.204 e. The van der Waals surface area contributed by atoms with Crippen molar-refractivity contribution in [3.05, 3.63) is 82.9 Å². The van der Waals surface area contributed by atoms with Crippen LogP contribution in [0, 0.1) is 29.4 Å². The molecule has 0 atom stereocenters. The highest BCUT2D eigenvalue weighted by molar-refractivity contribution is 5.84.